The van der Waals surface area contributed by atoms with Crippen LogP contribution in [0.2, 0.25) is 0 Å². The van der Waals surface area contributed by atoms with E-state index in [1.165, 1.54) is 24.5 Å². The lowest BCUT2D eigenvalue weighted by Crippen LogP contribution is -2.62. The number of alkyl halides is 1. The van der Waals surface area contributed by atoms with Crippen LogP contribution in [0.15, 0.2) is 0 Å². The van der Waals surface area contributed by atoms with Gasteiger partial charge in [-0.25, -0.2) is 33.8 Å². The number of ether oxygens (including phenoxy) is 1. The molecule has 32 heteroatoms. The Kier molecular flexibility index (Phi) is 40.4. The molecule has 0 aromatic carbocycles. The average Bonchev–Trinajstić information content (AvgIpc) is 3.65. The molecule has 0 N–H and O–H groups in total. The predicted molar refractivity (Wildman–Crippen MR) is 310 cm³/mol. The zero-order chi connectivity index (χ0) is 66.4. The van der Waals surface area contributed by atoms with Gasteiger partial charge in [-0.3, -0.25) is 44.1 Å². The van der Waals surface area contributed by atoms with E-state index >= 15 is 0 Å². The molecule has 0 saturated carbocycles. The van der Waals surface area contributed by atoms with Crippen molar-refractivity contribution in [3.8, 4) is 128 Å². The largest absolute Gasteiger partial charge is 0.350 e. The molecule has 0 bridgehead atoms. The average molecular weight is 1210 g/mol. The highest BCUT2D eigenvalue weighted by molar-refractivity contribution is 5.16. The number of hydrogen-bond donors (Lipinski definition) is 0. The molecule has 89 heavy (non-hydrogen) atoms. The molecule has 0 radical (unpaired) electrons. The molecule has 5 heterocycles. The van der Waals surface area contributed by atoms with Gasteiger partial charge in [-0.15, -0.1) is 25.2 Å². The number of hydrogen-bond acceptors (Lipinski definition) is 31. The predicted octanol–water partition coefficient (Wildman–Crippen LogP) is -1.03. The van der Waals surface area contributed by atoms with Crippen molar-refractivity contribution in [3.05, 3.63) is 0 Å². The quantitative estimate of drug-likeness (QED) is 0.0799. The van der Waals surface area contributed by atoms with Crippen molar-refractivity contribution in [3.63, 3.8) is 0 Å². The Balaban J connectivity index is 0.000000558. The van der Waals surface area contributed by atoms with Crippen molar-refractivity contribution in [2.24, 2.45) is 0 Å². The van der Waals surface area contributed by atoms with Crippen molar-refractivity contribution < 1.29 is 9.13 Å². The number of nitriles is 15. The minimum atomic E-state index is -1.36. The fourth-order valence-electron chi connectivity index (χ4n) is 9.26. The molecule has 0 amide bonds. The number of terminal acetylenes is 3. The molecule has 0 aliphatic carbocycles. The molecule has 2 atom stereocenters. The van der Waals surface area contributed by atoms with Crippen LogP contribution in [0.25, 0.3) is 0 Å². The molecule has 2 unspecified atom stereocenters. The van der Waals surface area contributed by atoms with Crippen LogP contribution in [0, 0.1) is 207 Å². The van der Waals surface area contributed by atoms with Crippen molar-refractivity contribution in [1.82, 2.24) is 73.5 Å². The van der Waals surface area contributed by atoms with E-state index in [0.717, 1.165) is 46.1 Å². The number of halogens is 1. The Labute approximate surface area is 523 Å². The van der Waals surface area contributed by atoms with Gasteiger partial charge in [0.05, 0.1) is 236 Å². The van der Waals surface area contributed by atoms with E-state index in [2.05, 4.69) is 81.0 Å². The van der Waals surface area contributed by atoms with Gasteiger partial charge in [-0.2, -0.15) is 78.9 Å². The number of nitrogens with zero attached hydrogens (tertiary/aromatic N) is 30. The van der Waals surface area contributed by atoms with E-state index in [-0.39, 0.29) is 78.5 Å². The topological polar surface area (TPSA) is 415 Å². The summed E-state index contributed by atoms with van der Waals surface area (Å²) in [5, 5.41) is 132. The molecule has 0 spiro atoms. The van der Waals surface area contributed by atoms with Crippen LogP contribution in [-0.4, -0.2) is 276 Å². The first-order valence-corrected chi connectivity index (χ1v) is 27.4. The van der Waals surface area contributed by atoms with Gasteiger partial charge >= 0.3 is 0 Å². The van der Waals surface area contributed by atoms with Crippen LogP contribution in [0.4, 0.5) is 4.39 Å². The highest BCUT2D eigenvalue weighted by atomic mass is 19.1. The first-order chi connectivity index (χ1) is 43.1. The molecule has 462 valence electrons. The standard InChI is InChI=1S/C13H10N8.C13H19N5.C11H16N6O.C10H12FN5.C10H14N6/c1-2-11(3-14)19-8-20(12(4-15)5-16)10-21(9-19)13(6-17)7-18;1-2-3-8-16-11-17(9-4-6-14)13-18(12-16)10-5-7-15;1-2-18-11-16(7-4-13)9-15(6-3-12)10-17(11)8-5-14;1-2-5-15-8-14(6-3-12)9-16(7-4-13)10(15)11;1-10-15(6-3-12)8-14(5-2-11)9-16(10)7-4-13/h1,11-13H,8-10H2;1H,3-5,8-13H2;11H,2,6-10H2,1H3;1,10H,5-9H2;10H,5-9H2,1H3. The lowest BCUT2D eigenvalue weighted by atomic mass is 10.2. The Morgan fingerprint density at radius 3 is 1.00 bits per heavy atom. The fourth-order valence-corrected chi connectivity index (χ4v) is 9.26. The Morgan fingerprint density at radius 2 is 0.685 bits per heavy atom. The lowest BCUT2D eigenvalue weighted by Gasteiger charge is -2.45. The number of rotatable bonds is 20. The van der Waals surface area contributed by atoms with Crippen LogP contribution in [0.3, 0.4) is 0 Å². The summed E-state index contributed by atoms with van der Waals surface area (Å²) in [7, 11) is 0. The van der Waals surface area contributed by atoms with E-state index in [0.29, 0.717) is 72.4 Å². The van der Waals surface area contributed by atoms with Gasteiger partial charge in [0.2, 0.25) is 6.42 Å². The Morgan fingerprint density at radius 1 is 0.371 bits per heavy atom. The van der Waals surface area contributed by atoms with Crippen molar-refractivity contribution >= 4 is 0 Å². The van der Waals surface area contributed by atoms with Gasteiger partial charge in [-0.05, 0) is 13.8 Å². The summed E-state index contributed by atoms with van der Waals surface area (Å²) in [5.41, 5.74) is 0. The van der Waals surface area contributed by atoms with Crippen LogP contribution in [0.5, 0.6) is 0 Å². The zero-order valence-electron chi connectivity index (χ0n) is 50.2. The molecule has 0 aromatic rings. The van der Waals surface area contributed by atoms with Gasteiger partial charge in [0.1, 0.15) is 0 Å². The van der Waals surface area contributed by atoms with Gasteiger partial charge < -0.3 is 4.74 Å². The fraction of sp³-hybridized carbons (Fsp3) is 0.632. The molecular formula is C57H71FN30O. The van der Waals surface area contributed by atoms with Crippen molar-refractivity contribution in [1.29, 1.82) is 78.9 Å². The van der Waals surface area contributed by atoms with E-state index in [4.69, 9.17) is 103 Å². The molecule has 5 saturated heterocycles. The third-order valence-electron chi connectivity index (χ3n) is 13.2. The van der Waals surface area contributed by atoms with E-state index in [1.54, 1.807) is 4.90 Å². The van der Waals surface area contributed by atoms with Gasteiger partial charge in [0, 0.05) is 45.5 Å². The molecule has 5 aliphatic rings. The summed E-state index contributed by atoms with van der Waals surface area (Å²) in [6.45, 7) is 14.3. The second kappa shape index (κ2) is 46.5. The van der Waals surface area contributed by atoms with E-state index in [9.17, 15) is 4.39 Å². The molecule has 5 fully saturated rings. The normalized spacial score (nSPS) is 19.4. The Hall–Kier alpha value is -9.68. The van der Waals surface area contributed by atoms with Gasteiger partial charge in [0.25, 0.3) is 0 Å². The first-order valence-electron chi connectivity index (χ1n) is 27.4. The molecular weight excluding hydrogens is 1140 g/mol. The van der Waals surface area contributed by atoms with Crippen LogP contribution >= 0.6 is 0 Å². The third kappa shape index (κ3) is 27.7. The zero-order valence-corrected chi connectivity index (χ0v) is 50.2. The van der Waals surface area contributed by atoms with Crippen molar-refractivity contribution in [2.45, 2.75) is 70.2 Å². The van der Waals surface area contributed by atoms with Gasteiger partial charge in [-0.1, -0.05) is 11.8 Å². The monoisotopic (exact) mass is 1210 g/mol. The van der Waals surface area contributed by atoms with Crippen LogP contribution in [-0.2, 0) is 4.74 Å². The van der Waals surface area contributed by atoms with Crippen LogP contribution < -0.4 is 0 Å². The summed E-state index contributed by atoms with van der Waals surface area (Å²) >= 11 is 0. The lowest BCUT2D eigenvalue weighted by molar-refractivity contribution is -0.199. The summed E-state index contributed by atoms with van der Waals surface area (Å²) < 4.78 is 19.4. The summed E-state index contributed by atoms with van der Waals surface area (Å²) in [4.78, 5) is 26.9. The molecule has 5 aliphatic heterocycles. The molecule has 5 rings (SSSR count). The third-order valence-corrected chi connectivity index (χ3v) is 13.2. The first kappa shape index (κ1) is 77.3. The summed E-state index contributed by atoms with van der Waals surface area (Å²) in [5.74, 6) is 7.30. The summed E-state index contributed by atoms with van der Waals surface area (Å²) in [6.07, 6.45) is 15.8. The maximum absolute atomic E-state index is 13.8. The minimum absolute atomic E-state index is 0.0236. The molecule has 31 nitrogen and oxygen atoms in total. The van der Waals surface area contributed by atoms with E-state index < -0.39 is 24.5 Å². The SMILES string of the molecule is C#CC(C#N)N1CN(C(C#N)C#N)CN(C(C#N)C#N)C1.C#CCCN1CN(CCC#N)CN(CCC#N)C1.C#CCN1CN(CC#N)CN(CC#N)C1F.CC1N(CC#N)CN(CC#N)CN1CC#N.CCOC1N(CC#N)CN(CC#N)CN1CC#N. The minimum Gasteiger partial charge on any atom is -0.350 e. The van der Waals surface area contributed by atoms with Gasteiger partial charge in [0.15, 0.2) is 24.5 Å². The Bertz CT molecular complexity index is 2630. The second-order valence-electron chi connectivity index (χ2n) is 19.6. The molecule has 0 aromatic heterocycles. The van der Waals surface area contributed by atoms with Crippen molar-refractivity contribution in [2.75, 3.05) is 165 Å². The van der Waals surface area contributed by atoms with Crippen LogP contribution in [0.1, 0.15) is 33.1 Å². The van der Waals surface area contributed by atoms with E-state index in [1.807, 2.05) is 85.7 Å². The maximum Gasteiger partial charge on any atom is 0.213 e. The highest BCUT2D eigenvalue weighted by Crippen LogP contribution is 2.19. The second-order valence-corrected chi connectivity index (χ2v) is 19.6. The smallest absolute Gasteiger partial charge is 0.213 e. The summed E-state index contributed by atoms with van der Waals surface area (Å²) in [6, 6.07) is 27.0. The maximum atomic E-state index is 13.8. The highest BCUT2D eigenvalue weighted by Gasteiger charge is 2.37.